The first-order valence-electron chi connectivity index (χ1n) is 8.08. The lowest BCUT2D eigenvalue weighted by molar-refractivity contribution is -0.677. The second kappa shape index (κ2) is 8.53. The Balaban J connectivity index is 0.000000279. The molecule has 1 atom stereocenters. The summed E-state index contributed by atoms with van der Waals surface area (Å²) in [7, 11) is -6.09. The molecule has 146 valence electrons. The molecule has 0 amide bonds. The third-order valence-corrected chi connectivity index (χ3v) is 4.51. The zero-order valence-electron chi connectivity index (χ0n) is 14.3. The first kappa shape index (κ1) is 20.9. The molecule has 1 fully saturated rings. The van der Waals surface area contributed by atoms with Crippen molar-refractivity contribution in [3.05, 3.63) is 72.6 Å². The SMILES string of the molecule is C=Cc1ccc(CCC2CN2[n+]2ccccc2)cc1.O=S(=O)([O-])C(F)(F)F. The number of halogens is 3. The largest absolute Gasteiger partial charge is 0.741 e. The van der Waals surface area contributed by atoms with Crippen molar-refractivity contribution in [3.63, 3.8) is 0 Å². The fraction of sp³-hybridized carbons (Fsp3) is 0.278. The van der Waals surface area contributed by atoms with Gasteiger partial charge in [-0.3, -0.25) is 0 Å². The van der Waals surface area contributed by atoms with Gasteiger partial charge in [-0.05, 0) is 24.0 Å². The van der Waals surface area contributed by atoms with Gasteiger partial charge < -0.3 is 4.55 Å². The zero-order valence-corrected chi connectivity index (χ0v) is 15.2. The van der Waals surface area contributed by atoms with Crippen molar-refractivity contribution in [2.24, 2.45) is 0 Å². The van der Waals surface area contributed by atoms with Gasteiger partial charge in [0.05, 0.1) is 6.54 Å². The maximum absolute atomic E-state index is 10.7. The fourth-order valence-corrected chi connectivity index (χ4v) is 2.41. The summed E-state index contributed by atoms with van der Waals surface area (Å²) < 4.78 is 61.1. The van der Waals surface area contributed by atoms with Gasteiger partial charge in [-0.2, -0.15) is 18.2 Å². The van der Waals surface area contributed by atoms with Crippen LogP contribution >= 0.6 is 0 Å². The van der Waals surface area contributed by atoms with E-state index < -0.39 is 15.6 Å². The molecule has 5 nitrogen and oxygen atoms in total. The molecule has 2 heterocycles. The van der Waals surface area contributed by atoms with Crippen molar-refractivity contribution in [2.75, 3.05) is 11.6 Å². The Morgan fingerprint density at radius 3 is 2.22 bits per heavy atom. The minimum atomic E-state index is -6.09. The minimum Gasteiger partial charge on any atom is -0.741 e. The molecule has 3 rings (SSSR count). The monoisotopic (exact) mass is 400 g/mol. The number of pyridine rings is 1. The van der Waals surface area contributed by atoms with Gasteiger partial charge in [-0.25, -0.2) is 8.42 Å². The van der Waals surface area contributed by atoms with E-state index in [4.69, 9.17) is 13.0 Å². The van der Waals surface area contributed by atoms with E-state index in [1.54, 1.807) is 0 Å². The Hall–Kier alpha value is -2.39. The highest BCUT2D eigenvalue weighted by atomic mass is 32.2. The average Bonchev–Trinajstić information content (AvgIpc) is 3.40. The zero-order chi connectivity index (χ0) is 20.1. The highest BCUT2D eigenvalue weighted by molar-refractivity contribution is 7.86. The molecular weight excluding hydrogens is 381 g/mol. The van der Waals surface area contributed by atoms with Crippen molar-refractivity contribution in [3.8, 4) is 0 Å². The molecule has 0 saturated carbocycles. The van der Waals surface area contributed by atoms with Crippen LogP contribution in [-0.2, 0) is 16.5 Å². The molecule has 1 aromatic carbocycles. The lowest BCUT2D eigenvalue weighted by atomic mass is 10.1. The van der Waals surface area contributed by atoms with E-state index in [1.165, 1.54) is 24.1 Å². The third kappa shape index (κ3) is 6.37. The van der Waals surface area contributed by atoms with Crippen LogP contribution in [-0.4, -0.2) is 31.1 Å². The molecular formula is C18H19F3N2O3S. The van der Waals surface area contributed by atoms with Crippen molar-refractivity contribution < 1.29 is 30.8 Å². The van der Waals surface area contributed by atoms with Gasteiger partial charge in [0, 0.05) is 12.1 Å². The topological polar surface area (TPSA) is 64.1 Å². The molecule has 1 aliphatic rings. The number of aromatic nitrogens is 1. The van der Waals surface area contributed by atoms with Gasteiger partial charge in [-0.1, -0.05) is 47.7 Å². The summed E-state index contributed by atoms with van der Waals surface area (Å²) in [6.07, 6.45) is 8.47. The van der Waals surface area contributed by atoms with Crippen LogP contribution < -0.4 is 9.69 Å². The molecule has 9 heteroatoms. The lowest BCUT2D eigenvalue weighted by Gasteiger charge is -2.08. The highest BCUT2D eigenvalue weighted by Crippen LogP contribution is 2.20. The fourth-order valence-electron chi connectivity index (χ4n) is 2.41. The molecule has 1 aliphatic heterocycles. The maximum Gasteiger partial charge on any atom is 0.485 e. The van der Waals surface area contributed by atoms with Gasteiger partial charge in [-0.15, -0.1) is 0 Å². The number of benzene rings is 1. The summed E-state index contributed by atoms with van der Waals surface area (Å²) in [6.45, 7) is 4.94. The molecule has 0 N–H and O–H groups in total. The Morgan fingerprint density at radius 2 is 1.74 bits per heavy atom. The van der Waals surface area contributed by atoms with E-state index in [1.807, 2.05) is 6.08 Å². The third-order valence-electron chi connectivity index (χ3n) is 3.95. The van der Waals surface area contributed by atoms with Crippen LogP contribution in [0, 0.1) is 0 Å². The molecule has 1 aromatic heterocycles. The number of alkyl halides is 3. The first-order chi connectivity index (χ1) is 12.6. The Kier molecular flexibility index (Phi) is 6.61. The van der Waals surface area contributed by atoms with E-state index in [-0.39, 0.29) is 0 Å². The van der Waals surface area contributed by atoms with Crippen molar-refractivity contribution in [1.29, 1.82) is 0 Å². The van der Waals surface area contributed by atoms with Gasteiger partial charge in [0.2, 0.25) is 0 Å². The molecule has 0 radical (unpaired) electrons. The number of hydrogen-bond donors (Lipinski definition) is 0. The van der Waals surface area contributed by atoms with Crippen LogP contribution in [0.2, 0.25) is 0 Å². The molecule has 27 heavy (non-hydrogen) atoms. The maximum atomic E-state index is 10.7. The highest BCUT2D eigenvalue weighted by Gasteiger charge is 2.40. The average molecular weight is 400 g/mol. The smallest absolute Gasteiger partial charge is 0.485 e. The lowest BCUT2D eigenvalue weighted by Crippen LogP contribution is -2.45. The van der Waals surface area contributed by atoms with Crippen LogP contribution in [0.1, 0.15) is 17.5 Å². The number of aryl methyl sites for hydroxylation is 1. The van der Waals surface area contributed by atoms with E-state index in [0.717, 1.165) is 6.42 Å². The van der Waals surface area contributed by atoms with Crippen molar-refractivity contribution >= 4 is 16.2 Å². The van der Waals surface area contributed by atoms with Crippen LogP contribution in [0.5, 0.6) is 0 Å². The summed E-state index contributed by atoms with van der Waals surface area (Å²) in [5.41, 5.74) is -3.04. The Labute approximate surface area is 156 Å². The van der Waals surface area contributed by atoms with Gasteiger partial charge in [0.15, 0.2) is 22.5 Å². The molecule has 2 aromatic rings. The Bertz CT molecular complexity index is 854. The summed E-state index contributed by atoms with van der Waals surface area (Å²) in [5.74, 6) is 0. The normalized spacial score (nSPS) is 16.3. The van der Waals surface area contributed by atoms with Crippen molar-refractivity contribution in [1.82, 2.24) is 0 Å². The van der Waals surface area contributed by atoms with E-state index in [9.17, 15) is 13.2 Å². The standard InChI is InChI=1S/C17H19N2.CHF3O3S/c1-2-15-6-8-16(9-7-15)10-11-17-14-19(17)18-12-4-3-5-13-18;2-1(3,4)8(5,6)7/h2-9,12-13,17H,1,10-11,14H2;(H,5,6,7)/q+1;/p-1. The molecule has 1 saturated heterocycles. The van der Waals surface area contributed by atoms with E-state index in [0.29, 0.717) is 6.04 Å². The molecule has 1 unspecified atom stereocenters. The van der Waals surface area contributed by atoms with Crippen molar-refractivity contribution in [2.45, 2.75) is 24.4 Å². The van der Waals surface area contributed by atoms with Gasteiger partial charge >= 0.3 is 5.51 Å². The Morgan fingerprint density at radius 1 is 1.19 bits per heavy atom. The first-order valence-corrected chi connectivity index (χ1v) is 9.49. The quantitative estimate of drug-likeness (QED) is 0.335. The van der Waals surface area contributed by atoms with Crippen LogP contribution in [0.15, 0.2) is 61.4 Å². The van der Waals surface area contributed by atoms with Crippen LogP contribution in [0.4, 0.5) is 13.2 Å². The molecule has 0 aliphatic carbocycles. The summed E-state index contributed by atoms with van der Waals surface area (Å²) >= 11 is 0. The predicted molar refractivity (Wildman–Crippen MR) is 94.1 cm³/mol. The second-order valence-electron chi connectivity index (χ2n) is 5.92. The minimum absolute atomic E-state index is 0.687. The predicted octanol–water partition coefficient (Wildman–Crippen LogP) is 2.62. The molecule has 0 bridgehead atoms. The number of nitrogens with zero attached hydrogens (tertiary/aromatic N) is 2. The second-order valence-corrected chi connectivity index (χ2v) is 7.29. The summed E-state index contributed by atoms with van der Waals surface area (Å²) in [4.78, 5) is 0. The van der Waals surface area contributed by atoms with Crippen LogP contribution in [0.25, 0.3) is 6.08 Å². The number of rotatable bonds is 5. The summed E-state index contributed by atoms with van der Waals surface area (Å²) in [6, 6.07) is 15.6. The molecule has 0 spiro atoms. The van der Waals surface area contributed by atoms with E-state index in [2.05, 4.69) is 71.1 Å². The summed E-state index contributed by atoms with van der Waals surface area (Å²) in [5, 5.41) is 2.39. The van der Waals surface area contributed by atoms with Gasteiger partial charge in [0.1, 0.15) is 6.04 Å². The number of hydrogen-bond acceptors (Lipinski definition) is 4. The van der Waals surface area contributed by atoms with Crippen LogP contribution in [0.3, 0.4) is 0 Å². The van der Waals surface area contributed by atoms with Gasteiger partial charge in [0.25, 0.3) is 0 Å². The van der Waals surface area contributed by atoms with E-state index >= 15 is 0 Å².